The number of hydrogen-bond acceptors (Lipinski definition) is 3. The molecule has 18 heavy (non-hydrogen) atoms. The van der Waals surface area contributed by atoms with Crippen LogP contribution in [0, 0.1) is 0 Å². The Balaban J connectivity index is 1.96. The van der Waals surface area contributed by atoms with Gasteiger partial charge in [-0.25, -0.2) is 0 Å². The summed E-state index contributed by atoms with van der Waals surface area (Å²) < 4.78 is 0.918. The Morgan fingerprint density at radius 1 is 1.39 bits per heavy atom. The maximum absolute atomic E-state index is 11.2. The number of halogens is 1. The summed E-state index contributed by atoms with van der Waals surface area (Å²) in [4.78, 5) is 13.3. The number of amides is 1. The summed E-state index contributed by atoms with van der Waals surface area (Å²) >= 11 is 3.44. The molecule has 0 aliphatic carbocycles. The van der Waals surface area contributed by atoms with E-state index >= 15 is 0 Å². The first kappa shape index (κ1) is 13.5. The first-order valence-electron chi connectivity index (χ1n) is 6.08. The van der Waals surface area contributed by atoms with Crippen molar-refractivity contribution in [3.8, 4) is 0 Å². The standard InChI is InChI=1S/C13H17BrN2O2/c14-11-4-2-1-3-10(11)12(17)9-16-7-5-13(18)15-6-8-16/h1-4,12,17H,5-9H2,(H,15,18)/t12-/m0/s1. The van der Waals surface area contributed by atoms with Gasteiger partial charge in [0, 0.05) is 37.1 Å². The molecule has 2 rings (SSSR count). The number of aliphatic hydroxyl groups is 1. The van der Waals surface area contributed by atoms with Crippen molar-refractivity contribution in [2.45, 2.75) is 12.5 Å². The topological polar surface area (TPSA) is 52.6 Å². The maximum Gasteiger partial charge on any atom is 0.221 e. The van der Waals surface area contributed by atoms with Gasteiger partial charge in [0.15, 0.2) is 0 Å². The molecule has 1 heterocycles. The minimum absolute atomic E-state index is 0.0906. The Labute approximate surface area is 115 Å². The highest BCUT2D eigenvalue weighted by molar-refractivity contribution is 9.10. The number of rotatable bonds is 3. The van der Waals surface area contributed by atoms with Crippen LogP contribution in [-0.4, -0.2) is 42.1 Å². The fourth-order valence-corrected chi connectivity index (χ4v) is 2.63. The fraction of sp³-hybridized carbons (Fsp3) is 0.462. The first-order valence-corrected chi connectivity index (χ1v) is 6.87. The molecule has 1 aliphatic rings. The Morgan fingerprint density at radius 3 is 2.94 bits per heavy atom. The lowest BCUT2D eigenvalue weighted by Gasteiger charge is -2.23. The molecule has 0 unspecified atom stereocenters. The molecule has 0 saturated carbocycles. The van der Waals surface area contributed by atoms with Gasteiger partial charge in [0.25, 0.3) is 0 Å². The molecule has 0 spiro atoms. The number of nitrogens with one attached hydrogen (secondary N) is 1. The van der Waals surface area contributed by atoms with Crippen molar-refractivity contribution in [1.82, 2.24) is 10.2 Å². The van der Waals surface area contributed by atoms with Crippen LogP contribution in [0.3, 0.4) is 0 Å². The first-order chi connectivity index (χ1) is 8.66. The number of nitrogens with zero attached hydrogens (tertiary/aromatic N) is 1. The van der Waals surface area contributed by atoms with E-state index in [2.05, 4.69) is 26.1 Å². The number of carbonyl (C=O) groups excluding carboxylic acids is 1. The van der Waals surface area contributed by atoms with Gasteiger partial charge in [-0.2, -0.15) is 0 Å². The zero-order valence-electron chi connectivity index (χ0n) is 10.1. The highest BCUT2D eigenvalue weighted by atomic mass is 79.9. The lowest BCUT2D eigenvalue weighted by Crippen LogP contribution is -2.32. The zero-order valence-corrected chi connectivity index (χ0v) is 11.7. The van der Waals surface area contributed by atoms with E-state index in [-0.39, 0.29) is 5.91 Å². The van der Waals surface area contributed by atoms with Crippen molar-refractivity contribution >= 4 is 21.8 Å². The third-order valence-corrected chi connectivity index (χ3v) is 3.82. The summed E-state index contributed by atoms with van der Waals surface area (Å²) in [7, 11) is 0. The largest absolute Gasteiger partial charge is 0.387 e. The van der Waals surface area contributed by atoms with Crippen molar-refractivity contribution in [3.05, 3.63) is 34.3 Å². The van der Waals surface area contributed by atoms with Crippen LogP contribution in [0.4, 0.5) is 0 Å². The van der Waals surface area contributed by atoms with Crippen LogP contribution in [0.1, 0.15) is 18.1 Å². The fourth-order valence-electron chi connectivity index (χ4n) is 2.08. The lowest BCUT2D eigenvalue weighted by molar-refractivity contribution is -0.120. The second-order valence-electron chi connectivity index (χ2n) is 4.44. The third kappa shape index (κ3) is 3.54. The summed E-state index contributed by atoms with van der Waals surface area (Å²) in [6.07, 6.45) is -0.0309. The molecule has 0 radical (unpaired) electrons. The molecule has 0 bridgehead atoms. The molecular weight excluding hydrogens is 296 g/mol. The zero-order chi connectivity index (χ0) is 13.0. The smallest absolute Gasteiger partial charge is 0.221 e. The predicted molar refractivity (Wildman–Crippen MR) is 73.2 cm³/mol. The van der Waals surface area contributed by atoms with Gasteiger partial charge in [0.1, 0.15) is 0 Å². The highest BCUT2D eigenvalue weighted by Crippen LogP contribution is 2.23. The predicted octanol–water partition coefficient (Wildman–Crippen LogP) is 1.30. The lowest BCUT2D eigenvalue weighted by atomic mass is 10.1. The van der Waals surface area contributed by atoms with Gasteiger partial charge in [0.05, 0.1) is 6.10 Å². The van der Waals surface area contributed by atoms with E-state index in [1.54, 1.807) is 0 Å². The minimum Gasteiger partial charge on any atom is -0.387 e. The number of carbonyl (C=O) groups is 1. The molecule has 98 valence electrons. The summed E-state index contributed by atoms with van der Waals surface area (Å²) in [6, 6.07) is 7.67. The van der Waals surface area contributed by atoms with Crippen molar-refractivity contribution in [2.75, 3.05) is 26.2 Å². The molecule has 1 amide bonds. The van der Waals surface area contributed by atoms with Crippen LogP contribution in [0.5, 0.6) is 0 Å². The van der Waals surface area contributed by atoms with Gasteiger partial charge in [-0.05, 0) is 11.6 Å². The SMILES string of the molecule is O=C1CCN(C[C@H](O)c2ccccc2Br)CCN1. The Morgan fingerprint density at radius 2 is 2.17 bits per heavy atom. The summed E-state index contributed by atoms with van der Waals surface area (Å²) in [5.41, 5.74) is 0.890. The summed E-state index contributed by atoms with van der Waals surface area (Å²) in [5.74, 6) is 0.0906. The monoisotopic (exact) mass is 312 g/mol. The molecule has 0 aromatic heterocycles. The molecule has 1 aliphatic heterocycles. The van der Waals surface area contributed by atoms with E-state index in [1.165, 1.54) is 0 Å². The molecule has 1 fully saturated rings. The van der Waals surface area contributed by atoms with Gasteiger partial charge in [-0.3, -0.25) is 9.69 Å². The molecule has 1 saturated heterocycles. The Bertz CT molecular complexity index is 425. The molecule has 1 aromatic carbocycles. The van der Waals surface area contributed by atoms with Crippen molar-refractivity contribution in [2.24, 2.45) is 0 Å². The van der Waals surface area contributed by atoms with Gasteiger partial charge >= 0.3 is 0 Å². The van der Waals surface area contributed by atoms with Gasteiger partial charge in [-0.1, -0.05) is 34.1 Å². The van der Waals surface area contributed by atoms with Crippen LogP contribution in [0.25, 0.3) is 0 Å². The van der Waals surface area contributed by atoms with E-state index in [9.17, 15) is 9.90 Å². The minimum atomic E-state index is -0.534. The quantitative estimate of drug-likeness (QED) is 0.884. The van der Waals surface area contributed by atoms with Crippen molar-refractivity contribution in [1.29, 1.82) is 0 Å². The van der Waals surface area contributed by atoms with E-state index < -0.39 is 6.10 Å². The number of hydrogen-bond donors (Lipinski definition) is 2. The molecule has 2 N–H and O–H groups in total. The third-order valence-electron chi connectivity index (χ3n) is 3.10. The number of aliphatic hydroxyl groups excluding tert-OH is 1. The van der Waals surface area contributed by atoms with Gasteiger partial charge in [0.2, 0.25) is 5.91 Å². The molecular formula is C13H17BrN2O2. The average molecular weight is 313 g/mol. The summed E-state index contributed by atoms with van der Waals surface area (Å²) in [6.45, 7) is 2.69. The van der Waals surface area contributed by atoms with Crippen LogP contribution in [0.15, 0.2) is 28.7 Å². The average Bonchev–Trinajstić information content (AvgIpc) is 2.55. The van der Waals surface area contributed by atoms with E-state index in [0.29, 0.717) is 26.1 Å². The van der Waals surface area contributed by atoms with E-state index in [1.807, 2.05) is 24.3 Å². The van der Waals surface area contributed by atoms with E-state index in [4.69, 9.17) is 0 Å². The number of benzene rings is 1. The molecule has 4 nitrogen and oxygen atoms in total. The van der Waals surface area contributed by atoms with E-state index in [0.717, 1.165) is 16.6 Å². The van der Waals surface area contributed by atoms with Gasteiger partial charge in [-0.15, -0.1) is 0 Å². The normalized spacial score (nSPS) is 19.1. The summed E-state index contributed by atoms with van der Waals surface area (Å²) in [5, 5.41) is 13.1. The van der Waals surface area contributed by atoms with Crippen LogP contribution < -0.4 is 5.32 Å². The van der Waals surface area contributed by atoms with Crippen LogP contribution >= 0.6 is 15.9 Å². The highest BCUT2D eigenvalue weighted by Gasteiger charge is 2.18. The van der Waals surface area contributed by atoms with Crippen LogP contribution in [0.2, 0.25) is 0 Å². The Kier molecular flexibility index (Phi) is 4.74. The molecule has 5 heteroatoms. The second-order valence-corrected chi connectivity index (χ2v) is 5.29. The second kappa shape index (κ2) is 6.31. The van der Waals surface area contributed by atoms with Crippen LogP contribution in [-0.2, 0) is 4.79 Å². The maximum atomic E-state index is 11.2. The van der Waals surface area contributed by atoms with Crippen molar-refractivity contribution in [3.63, 3.8) is 0 Å². The molecule has 1 aromatic rings. The number of β-amino-alcohol motifs (C(OH)–C–C–N with tert-alkyl or cyclic N) is 1. The molecule has 1 atom stereocenters. The Hall–Kier alpha value is -0.910. The van der Waals surface area contributed by atoms with Gasteiger partial charge < -0.3 is 10.4 Å². The van der Waals surface area contributed by atoms with Crippen molar-refractivity contribution < 1.29 is 9.90 Å².